The van der Waals surface area contributed by atoms with Crippen molar-refractivity contribution >= 4 is 44.0 Å². The number of fused-ring (bicyclic) bond motifs is 1. The van der Waals surface area contributed by atoms with Gasteiger partial charge in [0.25, 0.3) is 0 Å². The van der Waals surface area contributed by atoms with Crippen LogP contribution >= 0.6 is 22.7 Å². The zero-order chi connectivity index (χ0) is 21.1. The van der Waals surface area contributed by atoms with Crippen molar-refractivity contribution in [3.05, 3.63) is 71.8 Å². The second-order valence-electron chi connectivity index (χ2n) is 6.77. The molecular weight excluding hydrogens is 416 g/mol. The lowest BCUT2D eigenvalue weighted by atomic mass is 10.0. The molecule has 6 heteroatoms. The van der Waals surface area contributed by atoms with Crippen LogP contribution in [0.5, 0.6) is 0 Å². The van der Waals surface area contributed by atoms with Crippen molar-refractivity contribution in [2.75, 3.05) is 14.2 Å². The molecule has 152 valence electrons. The van der Waals surface area contributed by atoms with Crippen molar-refractivity contribution in [1.82, 2.24) is 0 Å². The zero-order valence-electron chi connectivity index (χ0n) is 16.6. The van der Waals surface area contributed by atoms with Crippen LogP contribution in [0.3, 0.4) is 0 Å². The lowest BCUT2D eigenvalue weighted by molar-refractivity contribution is -0.140. The third kappa shape index (κ3) is 4.15. The molecule has 4 rings (SSSR count). The second kappa shape index (κ2) is 8.81. The number of carbonyl (C=O) groups excluding carboxylic acids is 2. The molecule has 2 aromatic heterocycles. The summed E-state index contributed by atoms with van der Waals surface area (Å²) in [7, 11) is 2.82. The normalized spacial score (nSPS) is 10.9. The number of thiophene rings is 2. The lowest BCUT2D eigenvalue weighted by Gasteiger charge is -2.07. The molecule has 0 spiro atoms. The van der Waals surface area contributed by atoms with Crippen LogP contribution in [0.2, 0.25) is 0 Å². The summed E-state index contributed by atoms with van der Waals surface area (Å²) in [5.74, 6) is -0.490. The number of esters is 2. The molecule has 30 heavy (non-hydrogen) atoms. The number of carbonyl (C=O) groups is 2. The summed E-state index contributed by atoms with van der Waals surface area (Å²) >= 11 is 3.41. The number of hydrogen-bond donors (Lipinski definition) is 0. The van der Waals surface area contributed by atoms with Crippen LogP contribution in [0.15, 0.2) is 60.7 Å². The Bertz CT molecular complexity index is 1100. The first kappa shape index (κ1) is 20.3. The van der Waals surface area contributed by atoms with Crippen LogP contribution in [0.25, 0.3) is 30.3 Å². The van der Waals surface area contributed by atoms with Gasteiger partial charge in [0.05, 0.1) is 27.1 Å². The van der Waals surface area contributed by atoms with E-state index < -0.39 is 0 Å². The van der Waals surface area contributed by atoms with Gasteiger partial charge in [-0.25, -0.2) is 0 Å². The average molecular weight is 437 g/mol. The van der Waals surface area contributed by atoms with Crippen LogP contribution in [-0.4, -0.2) is 26.2 Å². The van der Waals surface area contributed by atoms with Crippen molar-refractivity contribution in [2.24, 2.45) is 0 Å². The highest BCUT2D eigenvalue weighted by Gasteiger charge is 2.16. The molecule has 4 nitrogen and oxygen atoms in total. The quantitative estimate of drug-likeness (QED) is 0.362. The molecule has 0 N–H and O–H groups in total. The van der Waals surface area contributed by atoms with Crippen LogP contribution < -0.4 is 0 Å². The van der Waals surface area contributed by atoms with Gasteiger partial charge >= 0.3 is 11.9 Å². The van der Waals surface area contributed by atoms with E-state index >= 15 is 0 Å². The van der Waals surface area contributed by atoms with Gasteiger partial charge < -0.3 is 9.47 Å². The van der Waals surface area contributed by atoms with E-state index in [2.05, 4.69) is 12.1 Å². The Morgan fingerprint density at radius 2 is 1.10 bits per heavy atom. The van der Waals surface area contributed by atoms with E-state index in [4.69, 9.17) is 9.47 Å². The van der Waals surface area contributed by atoms with Crippen molar-refractivity contribution in [1.29, 1.82) is 0 Å². The van der Waals surface area contributed by atoms with E-state index in [0.717, 1.165) is 32.0 Å². The molecule has 0 saturated carbocycles. The molecule has 0 saturated heterocycles. The molecule has 0 bridgehead atoms. The van der Waals surface area contributed by atoms with Crippen LogP contribution in [0, 0.1) is 0 Å². The van der Waals surface area contributed by atoms with Gasteiger partial charge in [0.15, 0.2) is 0 Å². The molecule has 0 amide bonds. The first-order chi connectivity index (χ1) is 14.6. The monoisotopic (exact) mass is 436 g/mol. The van der Waals surface area contributed by atoms with Crippen molar-refractivity contribution < 1.29 is 19.1 Å². The van der Waals surface area contributed by atoms with Gasteiger partial charge in [0.1, 0.15) is 0 Å². The van der Waals surface area contributed by atoms with Gasteiger partial charge in [-0.2, -0.15) is 0 Å². The highest BCUT2D eigenvalue weighted by Crippen LogP contribution is 2.43. The predicted molar refractivity (Wildman–Crippen MR) is 122 cm³/mol. The van der Waals surface area contributed by atoms with E-state index in [1.165, 1.54) is 23.6 Å². The number of hydrogen-bond acceptors (Lipinski definition) is 6. The summed E-state index contributed by atoms with van der Waals surface area (Å²) in [6.07, 6.45) is 0.509. The standard InChI is InChI=1S/C24H20O4S2/c1-27-23(25)11-15-7-3-5-9-17(15)19-13-21-22(29-19)14-20(30-21)18-10-6-4-8-16(18)12-24(26)28-2/h3-10,13-14H,11-12H2,1-2H3. The second-order valence-corrected chi connectivity index (χ2v) is 8.94. The Morgan fingerprint density at radius 1 is 0.700 bits per heavy atom. The smallest absolute Gasteiger partial charge is 0.310 e. The Labute approximate surface area is 182 Å². The Morgan fingerprint density at radius 3 is 1.50 bits per heavy atom. The maximum absolute atomic E-state index is 11.8. The number of benzene rings is 2. The van der Waals surface area contributed by atoms with Crippen molar-refractivity contribution in [2.45, 2.75) is 12.8 Å². The van der Waals surface area contributed by atoms with E-state index in [9.17, 15) is 9.59 Å². The fourth-order valence-corrected chi connectivity index (χ4v) is 5.90. The molecule has 4 aromatic rings. The minimum absolute atomic E-state index is 0.245. The number of methoxy groups -OCH3 is 2. The third-order valence-electron chi connectivity index (χ3n) is 4.90. The predicted octanol–water partition coefficient (Wildman–Crippen LogP) is 5.73. The Balaban J connectivity index is 1.69. The summed E-state index contributed by atoms with van der Waals surface area (Å²) in [5.41, 5.74) is 4.04. The molecule has 0 aliphatic rings. The van der Waals surface area contributed by atoms with Gasteiger partial charge in [-0.15, -0.1) is 22.7 Å². The minimum Gasteiger partial charge on any atom is -0.469 e. The fraction of sp³-hybridized carbons (Fsp3) is 0.167. The molecular formula is C24H20O4S2. The topological polar surface area (TPSA) is 52.6 Å². The lowest BCUT2D eigenvalue weighted by Crippen LogP contribution is -2.05. The highest BCUT2D eigenvalue weighted by molar-refractivity contribution is 7.31. The summed E-state index contributed by atoms with van der Waals surface area (Å²) in [5, 5.41) is 0. The summed E-state index contributed by atoms with van der Waals surface area (Å²) in [4.78, 5) is 25.8. The maximum atomic E-state index is 11.8. The molecule has 0 unspecified atom stereocenters. The first-order valence-electron chi connectivity index (χ1n) is 9.42. The van der Waals surface area contributed by atoms with Crippen molar-refractivity contribution in [3.8, 4) is 20.9 Å². The number of rotatable bonds is 6. The van der Waals surface area contributed by atoms with Crippen LogP contribution in [-0.2, 0) is 31.9 Å². The number of ether oxygens (including phenoxy) is 2. The summed E-state index contributed by atoms with van der Waals surface area (Å²) in [6, 6.07) is 20.2. The molecule has 0 radical (unpaired) electrons. The summed E-state index contributed by atoms with van der Waals surface area (Å²) in [6.45, 7) is 0. The van der Waals surface area contributed by atoms with Crippen molar-refractivity contribution in [3.63, 3.8) is 0 Å². The van der Waals surface area contributed by atoms with Gasteiger partial charge in [-0.1, -0.05) is 48.5 Å². The molecule has 0 atom stereocenters. The fourth-order valence-electron chi connectivity index (χ4n) is 3.39. The highest BCUT2D eigenvalue weighted by atomic mass is 32.1. The van der Waals surface area contributed by atoms with Gasteiger partial charge in [-0.3, -0.25) is 9.59 Å². The average Bonchev–Trinajstić information content (AvgIpc) is 3.33. The Kier molecular flexibility index (Phi) is 5.97. The molecule has 0 fully saturated rings. The molecule has 0 aliphatic carbocycles. The van der Waals surface area contributed by atoms with Crippen LogP contribution in [0.4, 0.5) is 0 Å². The van der Waals surface area contributed by atoms with Crippen LogP contribution in [0.1, 0.15) is 11.1 Å². The minimum atomic E-state index is -0.245. The maximum Gasteiger partial charge on any atom is 0.310 e. The SMILES string of the molecule is COC(=O)Cc1ccccc1-c1cc2sc(-c3ccccc3CC(=O)OC)cc2s1. The largest absolute Gasteiger partial charge is 0.469 e. The first-order valence-corrected chi connectivity index (χ1v) is 11.1. The van der Waals surface area contributed by atoms with E-state index in [1.807, 2.05) is 48.5 Å². The third-order valence-corrected chi connectivity index (χ3v) is 7.26. The van der Waals surface area contributed by atoms with E-state index in [0.29, 0.717) is 0 Å². The van der Waals surface area contributed by atoms with E-state index in [1.54, 1.807) is 22.7 Å². The van der Waals surface area contributed by atoms with Gasteiger partial charge in [0, 0.05) is 19.2 Å². The van der Waals surface area contributed by atoms with Gasteiger partial charge in [-0.05, 0) is 34.4 Å². The molecule has 2 heterocycles. The Hall–Kier alpha value is -2.96. The van der Waals surface area contributed by atoms with E-state index in [-0.39, 0.29) is 24.8 Å². The zero-order valence-corrected chi connectivity index (χ0v) is 18.3. The molecule has 0 aliphatic heterocycles. The van der Waals surface area contributed by atoms with Gasteiger partial charge in [0.2, 0.25) is 0 Å². The molecule has 2 aromatic carbocycles. The summed E-state index contributed by atoms with van der Waals surface area (Å²) < 4.78 is 12.0.